The van der Waals surface area contributed by atoms with Crippen LogP contribution in [0.2, 0.25) is 0 Å². The van der Waals surface area contributed by atoms with Crippen molar-refractivity contribution in [2.45, 2.75) is 45.1 Å². The summed E-state index contributed by atoms with van der Waals surface area (Å²) in [5.41, 5.74) is -1.46. The van der Waals surface area contributed by atoms with Crippen molar-refractivity contribution in [3.8, 4) is 5.75 Å². The maximum atomic E-state index is 13.8. The maximum absolute atomic E-state index is 13.8. The minimum atomic E-state index is -0.981. The van der Waals surface area contributed by atoms with E-state index in [9.17, 15) is 28.3 Å². The molecule has 1 fully saturated rings. The van der Waals surface area contributed by atoms with Gasteiger partial charge in [-0.05, 0) is 32.4 Å². The Bertz CT molecular complexity index is 1120. The monoisotopic (exact) mass is 432 g/mol. The van der Waals surface area contributed by atoms with Crippen molar-refractivity contribution >= 4 is 11.8 Å². The van der Waals surface area contributed by atoms with Crippen molar-refractivity contribution in [2.24, 2.45) is 0 Å². The highest BCUT2D eigenvalue weighted by atomic mass is 19.1. The fourth-order valence-corrected chi connectivity index (χ4v) is 4.13. The summed E-state index contributed by atoms with van der Waals surface area (Å²) < 4.78 is 28.2. The molecule has 0 radical (unpaired) electrons. The molecule has 1 unspecified atom stereocenters. The molecule has 4 rings (SSSR count). The summed E-state index contributed by atoms with van der Waals surface area (Å²) in [4.78, 5) is 39.9. The molecule has 8 nitrogen and oxygen atoms in total. The number of carbonyl (C=O) groups excluding carboxylic acids is 2. The lowest BCUT2D eigenvalue weighted by Gasteiger charge is -2.40. The van der Waals surface area contributed by atoms with E-state index in [1.165, 1.54) is 16.8 Å². The number of fused-ring (bicyclic) bond motifs is 2. The molecule has 3 heterocycles. The average molecular weight is 432 g/mol. The smallest absolute Gasteiger partial charge is 0.276 e. The zero-order valence-corrected chi connectivity index (χ0v) is 16.8. The zero-order chi connectivity index (χ0) is 22.3. The first-order valence-electron chi connectivity index (χ1n) is 10.0. The molecule has 31 heavy (non-hydrogen) atoms. The van der Waals surface area contributed by atoms with E-state index >= 15 is 0 Å². The standard InChI is InChI=1S/C21H22F2N4O4/c1-11-3-2-6-24-16-10-26-9-14(18(28)19(29)17(26)21(31)27(11)16)20(30)25-8-12-4-5-13(22)7-15(12)23/h4-5,7,9,11,16,24,29H,2-3,6,8,10H2,1H3,(H,25,30)/t11-,16?/m1/s1. The fourth-order valence-electron chi connectivity index (χ4n) is 4.13. The minimum Gasteiger partial charge on any atom is -0.503 e. The SMILES string of the molecule is C[C@@H]1CCCNC2Cn3cc(C(=O)NCc4ccc(F)cc4F)c(=O)c(O)c3C(=O)N21. The molecule has 2 aliphatic heterocycles. The summed E-state index contributed by atoms with van der Waals surface area (Å²) in [7, 11) is 0. The minimum absolute atomic E-state index is 0.0412. The quantitative estimate of drug-likeness (QED) is 0.679. The maximum Gasteiger partial charge on any atom is 0.276 e. The zero-order valence-electron chi connectivity index (χ0n) is 16.8. The van der Waals surface area contributed by atoms with Gasteiger partial charge in [0.25, 0.3) is 11.8 Å². The van der Waals surface area contributed by atoms with Crippen LogP contribution in [0.15, 0.2) is 29.2 Å². The van der Waals surface area contributed by atoms with E-state index in [4.69, 9.17) is 0 Å². The molecular weight excluding hydrogens is 410 g/mol. The Morgan fingerprint density at radius 3 is 2.84 bits per heavy atom. The third-order valence-electron chi connectivity index (χ3n) is 5.75. The highest BCUT2D eigenvalue weighted by molar-refractivity contribution is 5.99. The fraction of sp³-hybridized carbons (Fsp3) is 0.381. The van der Waals surface area contributed by atoms with E-state index in [-0.39, 0.29) is 42.1 Å². The van der Waals surface area contributed by atoms with Gasteiger partial charge < -0.3 is 19.9 Å². The topological polar surface area (TPSA) is 104 Å². The van der Waals surface area contributed by atoms with Gasteiger partial charge in [-0.15, -0.1) is 0 Å². The summed E-state index contributed by atoms with van der Waals surface area (Å²) in [6.07, 6.45) is 2.58. The number of aromatic nitrogens is 1. The lowest BCUT2D eigenvalue weighted by atomic mass is 10.1. The number of hydrogen-bond donors (Lipinski definition) is 3. The molecule has 2 aliphatic rings. The van der Waals surface area contributed by atoms with Crippen molar-refractivity contribution in [3.05, 3.63) is 63.1 Å². The van der Waals surface area contributed by atoms with Gasteiger partial charge in [-0.1, -0.05) is 6.07 Å². The molecule has 10 heteroatoms. The van der Waals surface area contributed by atoms with Gasteiger partial charge in [0, 0.05) is 30.4 Å². The molecule has 1 saturated heterocycles. The second-order valence-corrected chi connectivity index (χ2v) is 7.81. The molecular formula is C21H22F2N4O4. The van der Waals surface area contributed by atoms with Crippen LogP contribution in [0.25, 0.3) is 0 Å². The summed E-state index contributed by atoms with van der Waals surface area (Å²) in [5.74, 6) is -3.68. The predicted octanol–water partition coefficient (Wildman–Crippen LogP) is 1.32. The Morgan fingerprint density at radius 2 is 2.10 bits per heavy atom. The van der Waals surface area contributed by atoms with Crippen LogP contribution in [-0.4, -0.2) is 45.1 Å². The van der Waals surface area contributed by atoms with Gasteiger partial charge in [-0.3, -0.25) is 19.7 Å². The number of nitrogens with one attached hydrogen (secondary N) is 2. The first kappa shape index (κ1) is 21.0. The molecule has 1 aromatic carbocycles. The van der Waals surface area contributed by atoms with Crippen molar-refractivity contribution < 1.29 is 23.5 Å². The van der Waals surface area contributed by atoms with Crippen molar-refractivity contribution in [3.63, 3.8) is 0 Å². The number of amides is 2. The second kappa shape index (κ2) is 8.10. The number of carbonyl (C=O) groups is 2. The van der Waals surface area contributed by atoms with Gasteiger partial charge >= 0.3 is 0 Å². The van der Waals surface area contributed by atoms with E-state index in [1.807, 2.05) is 6.92 Å². The summed E-state index contributed by atoms with van der Waals surface area (Å²) in [6, 6.07) is 2.87. The van der Waals surface area contributed by atoms with Gasteiger partial charge in [0.15, 0.2) is 11.4 Å². The molecule has 0 saturated carbocycles. The first-order valence-corrected chi connectivity index (χ1v) is 10.0. The largest absolute Gasteiger partial charge is 0.503 e. The van der Waals surface area contributed by atoms with Crippen LogP contribution in [-0.2, 0) is 13.1 Å². The summed E-state index contributed by atoms with van der Waals surface area (Å²) in [5, 5.41) is 16.1. The van der Waals surface area contributed by atoms with Crippen LogP contribution in [0.1, 0.15) is 46.2 Å². The Hall–Kier alpha value is -3.27. The molecule has 164 valence electrons. The number of halogens is 2. The van der Waals surface area contributed by atoms with Crippen molar-refractivity contribution in [1.29, 1.82) is 0 Å². The molecule has 2 amide bonds. The van der Waals surface area contributed by atoms with Gasteiger partial charge in [-0.2, -0.15) is 0 Å². The van der Waals surface area contributed by atoms with Crippen LogP contribution < -0.4 is 16.1 Å². The van der Waals surface area contributed by atoms with E-state index in [0.29, 0.717) is 6.07 Å². The number of rotatable bonds is 3. The van der Waals surface area contributed by atoms with Crippen molar-refractivity contribution in [1.82, 2.24) is 20.1 Å². The van der Waals surface area contributed by atoms with Gasteiger partial charge in [-0.25, -0.2) is 8.78 Å². The van der Waals surface area contributed by atoms with Crippen LogP contribution in [0.5, 0.6) is 5.75 Å². The highest BCUT2D eigenvalue weighted by Gasteiger charge is 2.39. The lowest BCUT2D eigenvalue weighted by Crippen LogP contribution is -2.57. The Balaban J connectivity index is 1.63. The van der Waals surface area contributed by atoms with Crippen LogP contribution in [0.4, 0.5) is 8.78 Å². The molecule has 3 N–H and O–H groups in total. The van der Waals surface area contributed by atoms with Gasteiger partial charge in [0.05, 0.1) is 6.54 Å². The first-order chi connectivity index (χ1) is 14.8. The molecule has 1 aromatic heterocycles. The second-order valence-electron chi connectivity index (χ2n) is 7.81. The number of aromatic hydroxyl groups is 1. The van der Waals surface area contributed by atoms with Gasteiger partial charge in [0.1, 0.15) is 23.4 Å². The predicted molar refractivity (Wildman–Crippen MR) is 107 cm³/mol. The van der Waals surface area contributed by atoms with Crippen LogP contribution >= 0.6 is 0 Å². The van der Waals surface area contributed by atoms with E-state index in [0.717, 1.165) is 25.5 Å². The van der Waals surface area contributed by atoms with E-state index < -0.39 is 34.6 Å². The third-order valence-corrected chi connectivity index (χ3v) is 5.75. The average Bonchev–Trinajstić information content (AvgIpc) is 2.91. The van der Waals surface area contributed by atoms with E-state index in [2.05, 4.69) is 10.6 Å². The van der Waals surface area contributed by atoms with Crippen LogP contribution in [0.3, 0.4) is 0 Å². The van der Waals surface area contributed by atoms with E-state index in [1.54, 1.807) is 4.90 Å². The Kier molecular flexibility index (Phi) is 5.48. The molecule has 0 aliphatic carbocycles. The summed E-state index contributed by atoms with van der Waals surface area (Å²) >= 11 is 0. The number of hydrogen-bond acceptors (Lipinski definition) is 5. The number of pyridine rings is 1. The molecule has 0 bridgehead atoms. The lowest BCUT2D eigenvalue weighted by molar-refractivity contribution is 0.0452. The molecule has 0 spiro atoms. The summed E-state index contributed by atoms with van der Waals surface area (Å²) in [6.45, 7) is 2.61. The molecule has 2 atom stereocenters. The highest BCUT2D eigenvalue weighted by Crippen LogP contribution is 2.27. The van der Waals surface area contributed by atoms with Crippen LogP contribution in [0, 0.1) is 11.6 Å². The Morgan fingerprint density at radius 1 is 1.32 bits per heavy atom. The Labute approximate surface area is 176 Å². The molecule has 2 aromatic rings. The third kappa shape index (κ3) is 3.78. The van der Waals surface area contributed by atoms with Gasteiger partial charge in [0.2, 0.25) is 5.43 Å². The number of nitrogens with zero attached hydrogens (tertiary/aromatic N) is 2. The number of benzene rings is 1. The van der Waals surface area contributed by atoms with Crippen molar-refractivity contribution in [2.75, 3.05) is 6.54 Å². The normalized spacial score (nSPS) is 20.6.